The highest BCUT2D eigenvalue weighted by Gasteiger charge is 2.06. The van der Waals surface area contributed by atoms with Crippen molar-refractivity contribution in [1.82, 2.24) is 9.97 Å². The van der Waals surface area contributed by atoms with Crippen LogP contribution >= 0.6 is 11.6 Å². The molecule has 1 heterocycles. The number of hydrogen-bond acceptors (Lipinski definition) is 3. The third-order valence-corrected chi connectivity index (χ3v) is 1.89. The van der Waals surface area contributed by atoms with E-state index in [2.05, 4.69) is 23.8 Å². The van der Waals surface area contributed by atoms with Gasteiger partial charge in [0.25, 0.3) is 0 Å². The predicted molar refractivity (Wildman–Crippen MR) is 50.6 cm³/mol. The second-order valence-corrected chi connectivity index (χ2v) is 3.34. The van der Waals surface area contributed by atoms with Gasteiger partial charge in [0.2, 0.25) is 5.95 Å². The Hall–Kier alpha value is -0.830. The smallest absolute Gasteiger partial charge is 0.225 e. The Morgan fingerprint density at radius 1 is 1.33 bits per heavy atom. The summed E-state index contributed by atoms with van der Waals surface area (Å²) in [5, 5.41) is 0.566. The fourth-order valence-corrected chi connectivity index (χ4v) is 0.816. The van der Waals surface area contributed by atoms with Gasteiger partial charge in [-0.1, -0.05) is 11.6 Å². The van der Waals surface area contributed by atoms with E-state index in [1.54, 1.807) is 12.4 Å². The molecule has 0 aliphatic rings. The Morgan fingerprint density at radius 3 is 2.25 bits per heavy atom. The second kappa shape index (κ2) is 3.72. The Bertz CT molecular complexity index is 245. The van der Waals surface area contributed by atoms with Crippen LogP contribution in [-0.4, -0.2) is 23.1 Å². The van der Waals surface area contributed by atoms with E-state index in [4.69, 9.17) is 11.6 Å². The Labute approximate surface area is 77.4 Å². The molecule has 1 aromatic rings. The van der Waals surface area contributed by atoms with Crippen LogP contribution in [-0.2, 0) is 0 Å². The Morgan fingerprint density at radius 2 is 1.83 bits per heavy atom. The maximum atomic E-state index is 5.65. The molecular formula is C8H12ClN3. The largest absolute Gasteiger partial charge is 0.341 e. The zero-order valence-corrected chi connectivity index (χ0v) is 8.21. The molecule has 0 fully saturated rings. The van der Waals surface area contributed by atoms with Gasteiger partial charge in [0.1, 0.15) is 0 Å². The van der Waals surface area contributed by atoms with E-state index in [-0.39, 0.29) is 0 Å². The molecule has 0 N–H and O–H groups in total. The molecule has 0 saturated heterocycles. The van der Waals surface area contributed by atoms with Gasteiger partial charge in [0.05, 0.1) is 17.4 Å². The van der Waals surface area contributed by atoms with Crippen molar-refractivity contribution in [2.24, 2.45) is 0 Å². The Kier molecular flexibility index (Phi) is 2.87. The van der Waals surface area contributed by atoms with Crippen LogP contribution in [0.1, 0.15) is 13.8 Å². The minimum absolute atomic E-state index is 0.395. The maximum absolute atomic E-state index is 5.65. The fourth-order valence-electron chi connectivity index (χ4n) is 0.719. The summed E-state index contributed by atoms with van der Waals surface area (Å²) in [7, 11) is 1.95. The summed E-state index contributed by atoms with van der Waals surface area (Å²) in [5.74, 6) is 0.703. The van der Waals surface area contributed by atoms with Gasteiger partial charge >= 0.3 is 0 Å². The quantitative estimate of drug-likeness (QED) is 0.706. The molecule has 0 spiro atoms. The highest BCUT2D eigenvalue weighted by molar-refractivity contribution is 6.30. The first-order chi connectivity index (χ1) is 5.61. The van der Waals surface area contributed by atoms with Crippen LogP contribution in [0.25, 0.3) is 0 Å². The van der Waals surface area contributed by atoms with Crippen LogP contribution in [0.4, 0.5) is 5.95 Å². The minimum Gasteiger partial charge on any atom is -0.341 e. The minimum atomic E-state index is 0.395. The van der Waals surface area contributed by atoms with Crippen LogP contribution < -0.4 is 4.90 Å². The van der Waals surface area contributed by atoms with Gasteiger partial charge in [0, 0.05) is 13.1 Å². The molecule has 0 bridgehead atoms. The van der Waals surface area contributed by atoms with Gasteiger partial charge in [-0.2, -0.15) is 0 Å². The molecule has 0 saturated carbocycles. The fraction of sp³-hybridized carbons (Fsp3) is 0.500. The van der Waals surface area contributed by atoms with E-state index in [0.717, 1.165) is 0 Å². The molecule has 66 valence electrons. The molecule has 1 aromatic heterocycles. The average molecular weight is 186 g/mol. The zero-order chi connectivity index (χ0) is 9.14. The first-order valence-electron chi connectivity index (χ1n) is 3.81. The third-order valence-electron chi connectivity index (χ3n) is 1.70. The zero-order valence-electron chi connectivity index (χ0n) is 7.45. The summed E-state index contributed by atoms with van der Waals surface area (Å²) in [6.07, 6.45) is 3.20. The summed E-state index contributed by atoms with van der Waals surface area (Å²) >= 11 is 5.65. The van der Waals surface area contributed by atoms with Crippen LogP contribution in [0.3, 0.4) is 0 Å². The van der Waals surface area contributed by atoms with Crippen molar-refractivity contribution in [3.8, 4) is 0 Å². The van der Waals surface area contributed by atoms with Crippen molar-refractivity contribution >= 4 is 17.5 Å². The number of rotatable bonds is 2. The summed E-state index contributed by atoms with van der Waals surface area (Å²) in [5.41, 5.74) is 0. The van der Waals surface area contributed by atoms with Crippen molar-refractivity contribution in [3.05, 3.63) is 17.4 Å². The lowest BCUT2D eigenvalue weighted by atomic mass is 10.4. The summed E-state index contributed by atoms with van der Waals surface area (Å²) in [6.45, 7) is 4.16. The predicted octanol–water partition coefficient (Wildman–Crippen LogP) is 1.97. The molecule has 0 aromatic carbocycles. The number of anilines is 1. The van der Waals surface area contributed by atoms with Crippen molar-refractivity contribution in [2.75, 3.05) is 11.9 Å². The topological polar surface area (TPSA) is 29.0 Å². The van der Waals surface area contributed by atoms with Crippen LogP contribution in [0, 0.1) is 0 Å². The summed E-state index contributed by atoms with van der Waals surface area (Å²) in [4.78, 5) is 10.1. The van der Waals surface area contributed by atoms with Crippen molar-refractivity contribution < 1.29 is 0 Å². The second-order valence-electron chi connectivity index (χ2n) is 2.91. The molecule has 12 heavy (non-hydrogen) atoms. The van der Waals surface area contributed by atoms with Crippen molar-refractivity contribution in [3.63, 3.8) is 0 Å². The lowest BCUT2D eigenvalue weighted by Gasteiger charge is -2.20. The van der Waals surface area contributed by atoms with E-state index in [0.29, 0.717) is 17.0 Å². The van der Waals surface area contributed by atoms with E-state index < -0.39 is 0 Å². The maximum Gasteiger partial charge on any atom is 0.225 e. The molecule has 0 atom stereocenters. The molecule has 4 heteroatoms. The van der Waals surface area contributed by atoms with Gasteiger partial charge < -0.3 is 4.90 Å². The SMILES string of the molecule is CC(C)N(C)c1ncc(Cl)cn1. The first-order valence-corrected chi connectivity index (χ1v) is 4.19. The number of aromatic nitrogens is 2. The molecule has 0 amide bonds. The summed E-state index contributed by atoms with van der Waals surface area (Å²) in [6, 6.07) is 0.395. The van der Waals surface area contributed by atoms with Crippen LogP contribution in [0.2, 0.25) is 5.02 Å². The molecule has 1 rings (SSSR count). The highest BCUT2D eigenvalue weighted by atomic mass is 35.5. The number of halogens is 1. The van der Waals surface area contributed by atoms with Gasteiger partial charge in [-0.15, -0.1) is 0 Å². The number of hydrogen-bond donors (Lipinski definition) is 0. The molecular weight excluding hydrogens is 174 g/mol. The number of nitrogens with zero attached hydrogens (tertiary/aromatic N) is 3. The first kappa shape index (κ1) is 9.26. The van der Waals surface area contributed by atoms with E-state index >= 15 is 0 Å². The van der Waals surface area contributed by atoms with E-state index in [9.17, 15) is 0 Å². The van der Waals surface area contributed by atoms with Gasteiger partial charge in [-0.05, 0) is 13.8 Å². The average Bonchev–Trinajstić information content (AvgIpc) is 2.04. The van der Waals surface area contributed by atoms with Gasteiger partial charge in [-0.25, -0.2) is 9.97 Å². The normalized spacial score (nSPS) is 10.4. The van der Waals surface area contributed by atoms with E-state index in [1.165, 1.54) is 0 Å². The van der Waals surface area contributed by atoms with Crippen molar-refractivity contribution in [2.45, 2.75) is 19.9 Å². The standard InChI is InChI=1S/C8H12ClN3/c1-6(2)12(3)8-10-4-7(9)5-11-8/h4-6H,1-3H3. The molecule has 0 radical (unpaired) electrons. The van der Waals surface area contributed by atoms with Crippen molar-refractivity contribution in [1.29, 1.82) is 0 Å². The highest BCUT2D eigenvalue weighted by Crippen LogP contribution is 2.10. The molecule has 0 unspecified atom stereocenters. The lowest BCUT2D eigenvalue weighted by molar-refractivity contribution is 0.729. The molecule has 3 nitrogen and oxygen atoms in total. The summed E-state index contributed by atoms with van der Waals surface area (Å²) < 4.78 is 0. The lowest BCUT2D eigenvalue weighted by Crippen LogP contribution is -2.27. The monoisotopic (exact) mass is 185 g/mol. The molecule has 0 aliphatic carbocycles. The van der Waals surface area contributed by atoms with Crippen LogP contribution in [0.5, 0.6) is 0 Å². The van der Waals surface area contributed by atoms with Gasteiger partial charge in [0.15, 0.2) is 0 Å². The van der Waals surface area contributed by atoms with Gasteiger partial charge in [-0.3, -0.25) is 0 Å². The van der Waals surface area contributed by atoms with E-state index in [1.807, 2.05) is 11.9 Å². The van der Waals surface area contributed by atoms with Crippen LogP contribution in [0.15, 0.2) is 12.4 Å². The molecule has 0 aliphatic heterocycles. The third kappa shape index (κ3) is 2.08. The Balaban J connectivity index is 2.82.